The van der Waals surface area contributed by atoms with Gasteiger partial charge in [-0.1, -0.05) is 6.08 Å². The van der Waals surface area contributed by atoms with Crippen LogP contribution in [0, 0.1) is 11.3 Å². The fraction of sp³-hybridized carbons (Fsp3) is 0.429. The van der Waals surface area contributed by atoms with Crippen molar-refractivity contribution in [2.24, 2.45) is 0 Å². The zero-order valence-corrected chi connectivity index (χ0v) is 16.2. The Labute approximate surface area is 167 Å². The Morgan fingerprint density at radius 1 is 1.38 bits per heavy atom. The first-order valence-corrected chi connectivity index (χ1v) is 9.57. The van der Waals surface area contributed by atoms with Gasteiger partial charge >= 0.3 is 6.18 Å². The molecule has 5 nitrogen and oxygen atoms in total. The quantitative estimate of drug-likeness (QED) is 0.750. The van der Waals surface area contributed by atoms with Gasteiger partial charge in [-0.05, 0) is 50.0 Å². The van der Waals surface area contributed by atoms with Crippen LogP contribution in [0.2, 0.25) is 0 Å². The van der Waals surface area contributed by atoms with Crippen molar-refractivity contribution < 1.29 is 18.3 Å². The number of hydrogen-bond donors (Lipinski definition) is 1. The first kappa shape index (κ1) is 20.9. The van der Waals surface area contributed by atoms with Crippen LogP contribution in [0.15, 0.2) is 36.8 Å². The molecule has 0 fully saturated rings. The summed E-state index contributed by atoms with van der Waals surface area (Å²) in [7, 11) is 0. The number of aryl methyl sites for hydroxylation is 1. The fourth-order valence-corrected chi connectivity index (χ4v) is 3.85. The summed E-state index contributed by atoms with van der Waals surface area (Å²) in [6.07, 6.45) is 3.09. The summed E-state index contributed by atoms with van der Waals surface area (Å²) in [6, 6.07) is 5.56. The number of nitriles is 1. The number of aliphatic hydroxyl groups is 1. The molecule has 1 heterocycles. The van der Waals surface area contributed by atoms with Gasteiger partial charge in [-0.3, -0.25) is 0 Å². The number of aliphatic hydroxyl groups excluding tert-OH is 1. The first-order chi connectivity index (χ1) is 13.9. The topological polar surface area (TPSA) is 65.1 Å². The van der Waals surface area contributed by atoms with Crippen LogP contribution in [0.25, 0.3) is 5.57 Å². The number of alkyl halides is 3. The van der Waals surface area contributed by atoms with Gasteiger partial charge < -0.3 is 14.6 Å². The van der Waals surface area contributed by atoms with Gasteiger partial charge in [0.25, 0.3) is 0 Å². The van der Waals surface area contributed by atoms with Crippen molar-refractivity contribution in [3.05, 3.63) is 53.6 Å². The zero-order valence-electron chi connectivity index (χ0n) is 16.2. The molecule has 0 saturated heterocycles. The molecule has 1 N–H and O–H groups in total. The molecule has 1 aromatic carbocycles. The second kappa shape index (κ2) is 8.70. The van der Waals surface area contributed by atoms with E-state index in [0.29, 0.717) is 31.6 Å². The number of nitrogens with zero attached hydrogens (tertiary/aromatic N) is 4. The van der Waals surface area contributed by atoms with Gasteiger partial charge in [0, 0.05) is 31.4 Å². The number of hydrogen-bond acceptors (Lipinski definition) is 4. The predicted molar refractivity (Wildman–Crippen MR) is 104 cm³/mol. The van der Waals surface area contributed by atoms with Gasteiger partial charge in [0.15, 0.2) is 0 Å². The summed E-state index contributed by atoms with van der Waals surface area (Å²) < 4.78 is 42.0. The second-order valence-corrected chi connectivity index (χ2v) is 7.00. The van der Waals surface area contributed by atoms with Gasteiger partial charge in [-0.2, -0.15) is 18.4 Å². The molecule has 0 radical (unpaired) electrons. The summed E-state index contributed by atoms with van der Waals surface area (Å²) in [6.45, 7) is 3.23. The Kier molecular flexibility index (Phi) is 6.28. The maximum Gasteiger partial charge on any atom is 0.417 e. The molecule has 1 unspecified atom stereocenters. The highest BCUT2D eigenvalue weighted by Gasteiger charge is 2.35. The molecule has 0 saturated carbocycles. The normalized spacial score (nSPS) is 16.6. The van der Waals surface area contributed by atoms with E-state index in [9.17, 15) is 13.2 Å². The predicted octanol–water partition coefficient (Wildman–Crippen LogP) is 4.23. The van der Waals surface area contributed by atoms with Crippen molar-refractivity contribution in [3.8, 4) is 6.07 Å². The van der Waals surface area contributed by atoms with Crippen LogP contribution >= 0.6 is 0 Å². The van der Waals surface area contributed by atoms with Crippen LogP contribution in [-0.4, -0.2) is 33.9 Å². The average Bonchev–Trinajstić information content (AvgIpc) is 3.35. The van der Waals surface area contributed by atoms with E-state index in [0.717, 1.165) is 23.8 Å². The number of anilines is 1. The van der Waals surface area contributed by atoms with Crippen molar-refractivity contribution in [1.82, 2.24) is 9.55 Å². The minimum absolute atomic E-state index is 0.0326. The highest BCUT2D eigenvalue weighted by molar-refractivity contribution is 5.67. The molecule has 1 aliphatic carbocycles. The molecule has 29 heavy (non-hydrogen) atoms. The van der Waals surface area contributed by atoms with E-state index < -0.39 is 11.7 Å². The van der Waals surface area contributed by atoms with Gasteiger partial charge in [0.2, 0.25) is 0 Å². The molecular weight excluding hydrogens is 381 g/mol. The molecule has 0 aliphatic heterocycles. The maximum absolute atomic E-state index is 13.3. The molecule has 154 valence electrons. The lowest BCUT2D eigenvalue weighted by molar-refractivity contribution is -0.137. The standard InChI is InChI=1S/C21H23F3N4O/c1-2-28(18-7-5-16(12-25)19(11-18)21(22,23)24)17-6-4-15(10-17)20-13-26-14-27(20)8-3-9-29/h4-5,7,11,13-14,17,29H,2-3,6,8-10H2,1H3. The molecule has 8 heteroatoms. The van der Waals surface area contributed by atoms with Crippen LogP contribution < -0.4 is 4.90 Å². The molecule has 0 spiro atoms. The summed E-state index contributed by atoms with van der Waals surface area (Å²) >= 11 is 0. The molecule has 1 aromatic heterocycles. The molecule has 1 aliphatic rings. The SMILES string of the molecule is CCN(c1ccc(C#N)c(C(F)(F)F)c1)C1CC=C(c2cncn2CCCO)C1. The monoisotopic (exact) mass is 404 g/mol. The highest BCUT2D eigenvalue weighted by Crippen LogP contribution is 2.37. The van der Waals surface area contributed by atoms with Crippen molar-refractivity contribution in [2.75, 3.05) is 18.1 Å². The van der Waals surface area contributed by atoms with Gasteiger partial charge in [0.1, 0.15) is 0 Å². The van der Waals surface area contributed by atoms with Crippen molar-refractivity contribution in [2.45, 2.75) is 44.9 Å². The third-order valence-corrected chi connectivity index (χ3v) is 5.23. The van der Waals surface area contributed by atoms with Crippen molar-refractivity contribution in [3.63, 3.8) is 0 Å². The summed E-state index contributed by atoms with van der Waals surface area (Å²) in [5.41, 5.74) is 1.29. The van der Waals surface area contributed by atoms with E-state index in [1.807, 2.05) is 16.4 Å². The molecule has 0 bridgehead atoms. The first-order valence-electron chi connectivity index (χ1n) is 9.57. The average molecular weight is 404 g/mol. The second-order valence-electron chi connectivity index (χ2n) is 7.00. The van der Waals surface area contributed by atoms with E-state index in [4.69, 9.17) is 10.4 Å². The summed E-state index contributed by atoms with van der Waals surface area (Å²) in [5, 5.41) is 18.1. The lowest BCUT2D eigenvalue weighted by Gasteiger charge is -2.31. The van der Waals surface area contributed by atoms with E-state index >= 15 is 0 Å². The van der Waals surface area contributed by atoms with Crippen LogP contribution in [-0.2, 0) is 12.7 Å². The Morgan fingerprint density at radius 3 is 2.83 bits per heavy atom. The smallest absolute Gasteiger partial charge is 0.396 e. The van der Waals surface area contributed by atoms with Crippen molar-refractivity contribution >= 4 is 11.3 Å². The number of aromatic nitrogens is 2. The van der Waals surface area contributed by atoms with Crippen LogP contribution in [0.1, 0.15) is 43.0 Å². The van der Waals surface area contributed by atoms with Gasteiger partial charge in [-0.15, -0.1) is 0 Å². The Hall–Kier alpha value is -2.79. The maximum atomic E-state index is 13.3. The Balaban J connectivity index is 1.81. The molecule has 3 rings (SSSR count). The Bertz CT molecular complexity index is 927. The van der Waals surface area contributed by atoms with Crippen molar-refractivity contribution in [1.29, 1.82) is 5.26 Å². The van der Waals surface area contributed by atoms with Crippen LogP contribution in [0.5, 0.6) is 0 Å². The third-order valence-electron chi connectivity index (χ3n) is 5.23. The third kappa shape index (κ3) is 4.46. The van der Waals surface area contributed by atoms with Gasteiger partial charge in [0.05, 0.1) is 35.4 Å². The number of rotatable bonds is 7. The van der Waals surface area contributed by atoms with E-state index in [1.165, 1.54) is 6.07 Å². The molecule has 1 atom stereocenters. The molecule has 2 aromatic rings. The number of benzene rings is 1. The largest absolute Gasteiger partial charge is 0.417 e. The fourth-order valence-electron chi connectivity index (χ4n) is 3.85. The Morgan fingerprint density at radius 2 is 2.17 bits per heavy atom. The van der Waals surface area contributed by atoms with Crippen LogP contribution in [0.3, 0.4) is 0 Å². The van der Waals surface area contributed by atoms with Crippen LogP contribution in [0.4, 0.5) is 18.9 Å². The molecule has 0 amide bonds. The van der Waals surface area contributed by atoms with Gasteiger partial charge in [-0.25, -0.2) is 4.98 Å². The molecular formula is C21H23F3N4O. The summed E-state index contributed by atoms with van der Waals surface area (Å²) in [5.74, 6) is 0. The van der Waals surface area contributed by atoms with E-state index in [-0.39, 0.29) is 18.2 Å². The minimum atomic E-state index is -4.57. The number of halogens is 3. The minimum Gasteiger partial charge on any atom is -0.396 e. The zero-order chi connectivity index (χ0) is 21.0. The lowest BCUT2D eigenvalue weighted by atomic mass is 10.0. The highest BCUT2D eigenvalue weighted by atomic mass is 19.4. The van der Waals surface area contributed by atoms with E-state index in [1.54, 1.807) is 24.7 Å². The summed E-state index contributed by atoms with van der Waals surface area (Å²) in [4.78, 5) is 6.15. The number of imidazole rings is 1. The van der Waals surface area contributed by atoms with E-state index in [2.05, 4.69) is 11.1 Å². The lowest BCUT2D eigenvalue weighted by Crippen LogP contribution is -2.33.